The summed E-state index contributed by atoms with van der Waals surface area (Å²) in [5, 5.41) is 3.40. The second-order valence-electron chi connectivity index (χ2n) is 4.09. The van der Waals surface area contributed by atoms with Gasteiger partial charge in [-0.05, 0) is 42.5 Å². The number of hydrogen-bond donors (Lipinski definition) is 1. The number of benzene rings is 1. The van der Waals surface area contributed by atoms with E-state index in [4.69, 9.17) is 0 Å². The third-order valence-corrected chi connectivity index (χ3v) is 4.29. The minimum Gasteiger partial charge on any atom is -0.313 e. The van der Waals surface area contributed by atoms with Crippen molar-refractivity contribution in [2.45, 2.75) is 44.6 Å². The number of unbranched alkanes of at least 4 members (excludes halogenated alkanes) is 2. The summed E-state index contributed by atoms with van der Waals surface area (Å²) < 4.78 is 1.17. The smallest absolute Gasteiger partial charge is 0.0216 e. The molecule has 1 nitrogen and oxygen atoms in total. The van der Waals surface area contributed by atoms with E-state index in [9.17, 15) is 0 Å². The number of rotatable bonds is 8. The van der Waals surface area contributed by atoms with E-state index >= 15 is 0 Å². The van der Waals surface area contributed by atoms with Crippen molar-refractivity contribution in [2.24, 2.45) is 0 Å². The van der Waals surface area contributed by atoms with Crippen molar-refractivity contribution < 1.29 is 0 Å². The molecule has 0 aliphatic heterocycles. The Kier molecular flexibility index (Phi) is 7.99. The van der Waals surface area contributed by atoms with Gasteiger partial charge in [0.15, 0.2) is 0 Å². The quantitative estimate of drug-likeness (QED) is 0.544. The first-order chi connectivity index (χ1) is 8.27. The van der Waals surface area contributed by atoms with Crippen LogP contribution in [0.15, 0.2) is 27.6 Å². The molecule has 0 aliphatic rings. The van der Waals surface area contributed by atoms with Crippen molar-refractivity contribution in [3.8, 4) is 0 Å². The normalized spacial score (nSPS) is 10.8. The predicted octanol–water partition coefficient (Wildman–Crippen LogP) is 4.84. The lowest BCUT2D eigenvalue weighted by Gasteiger charge is -2.10. The Labute approximate surface area is 118 Å². The Balaban J connectivity index is 2.55. The summed E-state index contributed by atoms with van der Waals surface area (Å²) in [6.07, 6.45) is 3.95. The summed E-state index contributed by atoms with van der Waals surface area (Å²) in [6.45, 7) is 6.38. The molecule has 0 aromatic heterocycles. The maximum Gasteiger partial charge on any atom is 0.0216 e. The third kappa shape index (κ3) is 5.94. The Morgan fingerprint density at radius 2 is 2.06 bits per heavy atom. The highest BCUT2D eigenvalue weighted by Gasteiger charge is 2.03. The van der Waals surface area contributed by atoms with Gasteiger partial charge in [-0.1, -0.05) is 42.6 Å². The van der Waals surface area contributed by atoms with E-state index in [2.05, 4.69) is 53.3 Å². The van der Waals surface area contributed by atoms with Crippen LogP contribution in [0.3, 0.4) is 0 Å². The molecule has 0 saturated heterocycles. The molecule has 1 aromatic rings. The van der Waals surface area contributed by atoms with Crippen LogP contribution in [0.1, 0.15) is 38.7 Å². The van der Waals surface area contributed by atoms with Crippen LogP contribution in [0.4, 0.5) is 0 Å². The third-order valence-electron chi connectivity index (χ3n) is 2.59. The Morgan fingerprint density at radius 3 is 2.76 bits per heavy atom. The molecule has 0 heterocycles. The van der Waals surface area contributed by atoms with E-state index in [0.29, 0.717) is 0 Å². The number of halogens is 1. The highest BCUT2D eigenvalue weighted by atomic mass is 79.9. The zero-order chi connectivity index (χ0) is 12.5. The van der Waals surface area contributed by atoms with E-state index in [1.165, 1.54) is 39.9 Å². The summed E-state index contributed by atoms with van der Waals surface area (Å²) in [5.41, 5.74) is 1.41. The average molecular weight is 316 g/mol. The fraction of sp³-hybridized carbons (Fsp3) is 0.571. The number of thioether (sulfide) groups is 1. The lowest BCUT2D eigenvalue weighted by molar-refractivity contribution is 0.717. The van der Waals surface area contributed by atoms with E-state index in [0.717, 1.165) is 13.1 Å². The molecule has 0 bridgehead atoms. The molecule has 0 fully saturated rings. The van der Waals surface area contributed by atoms with Crippen LogP contribution < -0.4 is 5.32 Å². The van der Waals surface area contributed by atoms with E-state index < -0.39 is 0 Å². The Morgan fingerprint density at radius 1 is 1.24 bits per heavy atom. The summed E-state index contributed by atoms with van der Waals surface area (Å²) in [5.74, 6) is 1.23. The molecule has 0 radical (unpaired) electrons. The first-order valence-corrected chi connectivity index (χ1v) is 8.17. The van der Waals surface area contributed by atoms with Crippen molar-refractivity contribution in [1.82, 2.24) is 5.32 Å². The minimum atomic E-state index is 0.964. The fourth-order valence-electron chi connectivity index (χ4n) is 1.62. The van der Waals surface area contributed by atoms with E-state index in [-0.39, 0.29) is 0 Å². The zero-order valence-electron chi connectivity index (χ0n) is 10.8. The van der Waals surface area contributed by atoms with E-state index in [1.54, 1.807) is 0 Å². The summed E-state index contributed by atoms with van der Waals surface area (Å²) >= 11 is 5.53. The van der Waals surface area contributed by atoms with Gasteiger partial charge in [0.1, 0.15) is 0 Å². The van der Waals surface area contributed by atoms with Gasteiger partial charge in [0.2, 0.25) is 0 Å². The van der Waals surface area contributed by atoms with Crippen LogP contribution in [0.5, 0.6) is 0 Å². The van der Waals surface area contributed by atoms with Crippen molar-refractivity contribution >= 4 is 27.7 Å². The Bertz CT molecular complexity index is 328. The predicted molar refractivity (Wildman–Crippen MR) is 81.8 cm³/mol. The van der Waals surface area contributed by atoms with Crippen LogP contribution in [0, 0.1) is 0 Å². The first-order valence-electron chi connectivity index (χ1n) is 6.39. The van der Waals surface area contributed by atoms with Crippen molar-refractivity contribution in [3.05, 3.63) is 28.2 Å². The summed E-state index contributed by atoms with van der Waals surface area (Å²) in [4.78, 5) is 1.42. The van der Waals surface area contributed by atoms with Crippen LogP contribution >= 0.6 is 27.7 Å². The SMILES string of the molecule is CCCCCSc1ccc(Br)cc1CNCC. The molecule has 0 saturated carbocycles. The number of hydrogen-bond acceptors (Lipinski definition) is 2. The maximum absolute atomic E-state index is 3.54. The molecular formula is C14H22BrNS. The summed E-state index contributed by atoms with van der Waals surface area (Å²) in [6, 6.07) is 6.59. The molecule has 0 unspecified atom stereocenters. The molecule has 0 amide bonds. The zero-order valence-corrected chi connectivity index (χ0v) is 13.2. The molecule has 17 heavy (non-hydrogen) atoms. The van der Waals surface area contributed by atoms with E-state index in [1.807, 2.05) is 11.8 Å². The first kappa shape index (κ1) is 15.1. The van der Waals surface area contributed by atoms with Crippen molar-refractivity contribution in [1.29, 1.82) is 0 Å². The molecule has 1 N–H and O–H groups in total. The Hall–Kier alpha value is 0.01000. The highest BCUT2D eigenvalue weighted by Crippen LogP contribution is 2.26. The molecule has 0 aliphatic carbocycles. The van der Waals surface area contributed by atoms with Gasteiger partial charge < -0.3 is 5.32 Å². The van der Waals surface area contributed by atoms with Gasteiger partial charge in [-0.15, -0.1) is 11.8 Å². The molecule has 3 heteroatoms. The lowest BCUT2D eigenvalue weighted by atomic mass is 10.2. The van der Waals surface area contributed by atoms with Gasteiger partial charge in [0.05, 0.1) is 0 Å². The number of nitrogens with one attached hydrogen (secondary N) is 1. The van der Waals surface area contributed by atoms with Crippen molar-refractivity contribution in [3.63, 3.8) is 0 Å². The van der Waals surface area contributed by atoms with Crippen LogP contribution in [0.25, 0.3) is 0 Å². The molecular weight excluding hydrogens is 294 g/mol. The van der Waals surface area contributed by atoms with Gasteiger partial charge in [0, 0.05) is 15.9 Å². The standard InChI is InChI=1S/C14H22BrNS/c1-3-5-6-9-17-14-8-7-13(15)10-12(14)11-16-4-2/h7-8,10,16H,3-6,9,11H2,1-2H3. The van der Waals surface area contributed by atoms with Gasteiger partial charge in [-0.25, -0.2) is 0 Å². The molecule has 96 valence electrons. The second kappa shape index (κ2) is 9.01. The largest absolute Gasteiger partial charge is 0.313 e. The van der Waals surface area contributed by atoms with Gasteiger partial charge in [-0.3, -0.25) is 0 Å². The molecule has 0 atom stereocenters. The maximum atomic E-state index is 3.54. The second-order valence-corrected chi connectivity index (χ2v) is 6.14. The molecule has 1 rings (SSSR count). The van der Waals surface area contributed by atoms with Crippen LogP contribution in [-0.2, 0) is 6.54 Å². The molecule has 0 spiro atoms. The van der Waals surface area contributed by atoms with Gasteiger partial charge in [-0.2, -0.15) is 0 Å². The monoisotopic (exact) mass is 315 g/mol. The lowest BCUT2D eigenvalue weighted by Crippen LogP contribution is -2.12. The highest BCUT2D eigenvalue weighted by molar-refractivity contribution is 9.10. The average Bonchev–Trinajstić information content (AvgIpc) is 2.34. The van der Waals surface area contributed by atoms with Crippen LogP contribution in [0.2, 0.25) is 0 Å². The fourth-order valence-corrected chi connectivity index (χ4v) is 3.08. The van der Waals surface area contributed by atoms with Gasteiger partial charge >= 0.3 is 0 Å². The minimum absolute atomic E-state index is 0.964. The van der Waals surface area contributed by atoms with Crippen LogP contribution in [-0.4, -0.2) is 12.3 Å². The van der Waals surface area contributed by atoms with Crippen molar-refractivity contribution in [2.75, 3.05) is 12.3 Å². The molecule has 1 aromatic carbocycles. The topological polar surface area (TPSA) is 12.0 Å². The summed E-state index contributed by atoms with van der Waals surface area (Å²) in [7, 11) is 0. The van der Waals surface area contributed by atoms with Gasteiger partial charge in [0.25, 0.3) is 0 Å².